The molecule has 4 rings (SSSR count). The number of carbonyl (C=O) groups is 1. The molecule has 0 radical (unpaired) electrons. The van der Waals surface area contributed by atoms with Crippen LogP contribution in [-0.4, -0.2) is 16.2 Å². The molecule has 2 aromatic carbocycles. The van der Waals surface area contributed by atoms with Gasteiger partial charge < -0.3 is 9.15 Å². The fourth-order valence-electron chi connectivity index (χ4n) is 2.81. The zero-order valence-corrected chi connectivity index (χ0v) is 15.4. The van der Waals surface area contributed by atoms with E-state index in [1.54, 1.807) is 26.0 Å². The first-order chi connectivity index (χ1) is 13.0. The average Bonchev–Trinajstić information content (AvgIpc) is 3.28. The van der Waals surface area contributed by atoms with Crippen molar-refractivity contribution in [2.24, 2.45) is 0 Å². The van der Waals surface area contributed by atoms with Gasteiger partial charge in [0.25, 0.3) is 5.89 Å². The van der Waals surface area contributed by atoms with Crippen LogP contribution >= 0.6 is 11.3 Å². The van der Waals surface area contributed by atoms with Crippen LogP contribution in [0.1, 0.15) is 34.2 Å². The Morgan fingerprint density at radius 3 is 2.67 bits per heavy atom. The molecule has 0 fully saturated rings. The lowest BCUT2D eigenvalue weighted by Crippen LogP contribution is -2.09. The first-order valence-corrected chi connectivity index (χ1v) is 9.13. The van der Waals surface area contributed by atoms with Crippen LogP contribution in [0.3, 0.4) is 0 Å². The molecule has 0 bridgehead atoms. The van der Waals surface area contributed by atoms with Gasteiger partial charge >= 0.3 is 5.97 Å². The van der Waals surface area contributed by atoms with Crippen molar-refractivity contribution in [2.75, 3.05) is 0 Å². The lowest BCUT2D eigenvalue weighted by Gasteiger charge is -2.08. The second-order valence-electron chi connectivity index (χ2n) is 6.03. The maximum absolute atomic E-state index is 14.0. The van der Waals surface area contributed by atoms with Gasteiger partial charge in [-0.1, -0.05) is 24.3 Å². The van der Waals surface area contributed by atoms with E-state index in [1.807, 2.05) is 30.3 Å². The van der Waals surface area contributed by atoms with E-state index in [-0.39, 0.29) is 11.7 Å². The Balaban J connectivity index is 1.56. The number of carbonyl (C=O) groups excluding carboxylic acids is 1. The molecule has 2 aromatic heterocycles. The van der Waals surface area contributed by atoms with Crippen molar-refractivity contribution in [1.29, 1.82) is 0 Å². The minimum Gasteiger partial charge on any atom is -0.448 e. The molecule has 5 nitrogen and oxygen atoms in total. The molecule has 0 unspecified atom stereocenters. The molecule has 1 atom stereocenters. The minimum atomic E-state index is -0.725. The van der Waals surface area contributed by atoms with Crippen LogP contribution in [0.5, 0.6) is 0 Å². The van der Waals surface area contributed by atoms with Crippen LogP contribution in [-0.2, 0) is 4.74 Å². The largest absolute Gasteiger partial charge is 0.448 e. The summed E-state index contributed by atoms with van der Waals surface area (Å²) in [6, 6.07) is 14.1. The summed E-state index contributed by atoms with van der Waals surface area (Å²) in [7, 11) is 0. The van der Waals surface area contributed by atoms with Crippen LogP contribution in [0.15, 0.2) is 52.9 Å². The quantitative estimate of drug-likeness (QED) is 0.447. The van der Waals surface area contributed by atoms with Gasteiger partial charge in [0.2, 0.25) is 5.89 Å². The lowest BCUT2D eigenvalue weighted by atomic mass is 10.1. The highest BCUT2D eigenvalue weighted by atomic mass is 32.1. The van der Waals surface area contributed by atoms with E-state index in [9.17, 15) is 9.18 Å². The Morgan fingerprint density at radius 1 is 1.15 bits per heavy atom. The summed E-state index contributed by atoms with van der Waals surface area (Å²) in [5.41, 5.74) is 1.35. The highest BCUT2D eigenvalue weighted by Crippen LogP contribution is 2.34. The Hall–Kier alpha value is -3.06. The summed E-state index contributed by atoms with van der Waals surface area (Å²) in [5, 5.41) is 8.41. The van der Waals surface area contributed by atoms with Gasteiger partial charge in [0.05, 0.1) is 0 Å². The number of ether oxygens (including phenoxy) is 1. The number of benzene rings is 2. The highest BCUT2D eigenvalue weighted by molar-refractivity contribution is 7.21. The number of halogens is 1. The van der Waals surface area contributed by atoms with Gasteiger partial charge in [0, 0.05) is 15.6 Å². The maximum atomic E-state index is 14.0. The number of hydrogen-bond donors (Lipinski definition) is 0. The van der Waals surface area contributed by atoms with E-state index < -0.39 is 12.1 Å². The number of aryl methyl sites for hydroxylation is 1. The zero-order valence-electron chi connectivity index (χ0n) is 14.6. The van der Waals surface area contributed by atoms with E-state index in [2.05, 4.69) is 10.2 Å². The molecule has 136 valence electrons. The van der Waals surface area contributed by atoms with E-state index in [0.29, 0.717) is 26.4 Å². The Bertz CT molecular complexity index is 1120. The lowest BCUT2D eigenvalue weighted by molar-refractivity contribution is 0.0285. The third-order valence-corrected chi connectivity index (χ3v) is 5.42. The molecular formula is C20H15FN2O3S. The molecule has 7 heteroatoms. The molecule has 4 aromatic rings. The van der Waals surface area contributed by atoms with Crippen molar-refractivity contribution >= 4 is 27.4 Å². The van der Waals surface area contributed by atoms with Crippen LogP contribution in [0.25, 0.3) is 21.5 Å². The van der Waals surface area contributed by atoms with Crippen molar-refractivity contribution in [3.05, 3.63) is 70.7 Å². The molecule has 0 aliphatic carbocycles. The molecule has 0 saturated heterocycles. The molecule has 0 spiro atoms. The van der Waals surface area contributed by atoms with Crippen molar-refractivity contribution in [3.63, 3.8) is 0 Å². The minimum absolute atomic E-state index is 0.201. The molecular weight excluding hydrogens is 367 g/mol. The third-order valence-electron chi connectivity index (χ3n) is 4.18. The Morgan fingerprint density at radius 2 is 1.93 bits per heavy atom. The normalized spacial score (nSPS) is 12.3. The number of rotatable bonds is 4. The smallest absolute Gasteiger partial charge is 0.349 e. The predicted molar refractivity (Wildman–Crippen MR) is 100 cm³/mol. The van der Waals surface area contributed by atoms with Gasteiger partial charge in [-0.3, -0.25) is 0 Å². The molecule has 2 heterocycles. The fourth-order valence-corrected chi connectivity index (χ4v) is 3.91. The van der Waals surface area contributed by atoms with Crippen molar-refractivity contribution in [2.45, 2.75) is 20.0 Å². The first-order valence-electron chi connectivity index (χ1n) is 8.32. The number of thiophene rings is 1. The SMILES string of the molecule is Cc1c(C(=O)O[C@@H](C)c2nnc(-c3ccccc3)o2)sc2cccc(F)c12. The van der Waals surface area contributed by atoms with Gasteiger partial charge in [-0.2, -0.15) is 0 Å². The monoisotopic (exact) mass is 382 g/mol. The van der Waals surface area contributed by atoms with E-state index in [0.717, 1.165) is 5.56 Å². The summed E-state index contributed by atoms with van der Waals surface area (Å²) in [4.78, 5) is 12.9. The van der Waals surface area contributed by atoms with Crippen LogP contribution in [0, 0.1) is 12.7 Å². The fraction of sp³-hybridized carbons (Fsp3) is 0.150. The third kappa shape index (κ3) is 3.21. The molecule has 0 aliphatic rings. The van der Waals surface area contributed by atoms with E-state index >= 15 is 0 Å². The van der Waals surface area contributed by atoms with Gasteiger partial charge in [0.15, 0.2) is 6.10 Å². The van der Waals surface area contributed by atoms with Crippen molar-refractivity contribution in [3.8, 4) is 11.5 Å². The molecule has 0 amide bonds. The summed E-state index contributed by atoms with van der Waals surface area (Å²) in [6.45, 7) is 3.37. The summed E-state index contributed by atoms with van der Waals surface area (Å²) in [5.74, 6) is -0.335. The topological polar surface area (TPSA) is 65.2 Å². The van der Waals surface area contributed by atoms with Gasteiger partial charge in [-0.25, -0.2) is 9.18 Å². The number of aromatic nitrogens is 2. The van der Waals surface area contributed by atoms with Crippen molar-refractivity contribution in [1.82, 2.24) is 10.2 Å². The molecule has 0 aliphatic heterocycles. The second kappa shape index (κ2) is 6.92. The zero-order chi connectivity index (χ0) is 19.0. The van der Waals surface area contributed by atoms with Crippen LogP contribution in [0.4, 0.5) is 4.39 Å². The molecule has 27 heavy (non-hydrogen) atoms. The summed E-state index contributed by atoms with van der Waals surface area (Å²) >= 11 is 1.20. The Kier molecular flexibility index (Phi) is 4.45. The number of fused-ring (bicyclic) bond motifs is 1. The Labute approximate surface area is 158 Å². The summed E-state index contributed by atoms with van der Waals surface area (Å²) < 4.78 is 25.8. The van der Waals surface area contributed by atoms with Crippen LogP contribution < -0.4 is 0 Å². The van der Waals surface area contributed by atoms with E-state index in [4.69, 9.17) is 9.15 Å². The first kappa shape index (κ1) is 17.4. The predicted octanol–water partition coefficient (Wildman–Crippen LogP) is 5.32. The highest BCUT2D eigenvalue weighted by Gasteiger charge is 2.24. The van der Waals surface area contributed by atoms with Gasteiger partial charge in [-0.15, -0.1) is 21.5 Å². The van der Waals surface area contributed by atoms with E-state index in [1.165, 1.54) is 17.4 Å². The van der Waals surface area contributed by atoms with Gasteiger partial charge in [0.1, 0.15) is 10.7 Å². The second-order valence-corrected chi connectivity index (χ2v) is 7.08. The number of nitrogens with zero attached hydrogens (tertiary/aromatic N) is 2. The van der Waals surface area contributed by atoms with Crippen molar-refractivity contribution < 1.29 is 18.3 Å². The average molecular weight is 382 g/mol. The maximum Gasteiger partial charge on any atom is 0.349 e. The molecule has 0 saturated carbocycles. The van der Waals surface area contributed by atoms with Gasteiger partial charge in [-0.05, 0) is 43.7 Å². The van der Waals surface area contributed by atoms with Crippen LogP contribution in [0.2, 0.25) is 0 Å². The summed E-state index contributed by atoms with van der Waals surface area (Å²) in [6.07, 6.45) is -0.725. The molecule has 0 N–H and O–H groups in total. The number of esters is 1. The standard InChI is InChI=1S/C20H15FN2O3S/c1-11-16-14(21)9-6-10-15(16)27-17(11)20(24)25-12(2)18-22-23-19(26-18)13-7-4-3-5-8-13/h3-10,12H,1-2H3/t12-/m0/s1. The number of hydrogen-bond acceptors (Lipinski definition) is 6.